The van der Waals surface area contributed by atoms with E-state index in [9.17, 15) is 9.59 Å². The Hall–Kier alpha value is -2.27. The fourth-order valence-corrected chi connectivity index (χ4v) is 4.33. The highest BCUT2D eigenvalue weighted by atomic mass is 32.2. The average Bonchev–Trinajstić information content (AvgIpc) is 2.73. The number of likely N-dealkylation sites (tertiary alicyclic amines) is 1. The van der Waals surface area contributed by atoms with Crippen LogP contribution in [0.15, 0.2) is 47.4 Å². The SMILES string of the molecule is CSc1ccc(CCNC(=O)[C@@H]2CCCN(C(=O)c3cc(C)cc(C)c3)C2)cc1. The van der Waals surface area contributed by atoms with Crippen LogP contribution in [-0.4, -0.2) is 42.6 Å². The van der Waals surface area contributed by atoms with Gasteiger partial charge in [0.1, 0.15) is 0 Å². The highest BCUT2D eigenvalue weighted by Crippen LogP contribution is 2.20. The molecule has 1 fully saturated rings. The summed E-state index contributed by atoms with van der Waals surface area (Å²) in [5, 5.41) is 3.06. The monoisotopic (exact) mass is 410 g/mol. The van der Waals surface area contributed by atoms with Gasteiger partial charge in [-0.05, 0) is 69.2 Å². The van der Waals surface area contributed by atoms with Gasteiger partial charge in [0.25, 0.3) is 5.91 Å². The highest BCUT2D eigenvalue weighted by Gasteiger charge is 2.28. The summed E-state index contributed by atoms with van der Waals surface area (Å²) in [5.74, 6) is -0.0377. The van der Waals surface area contributed by atoms with Gasteiger partial charge in [0.05, 0.1) is 5.92 Å². The number of hydrogen-bond acceptors (Lipinski definition) is 3. The second kappa shape index (κ2) is 9.97. The zero-order valence-corrected chi connectivity index (χ0v) is 18.3. The number of aryl methyl sites for hydroxylation is 2. The van der Waals surface area contributed by atoms with Crippen LogP contribution in [0.25, 0.3) is 0 Å². The maximum atomic E-state index is 12.9. The third-order valence-corrected chi connectivity index (χ3v) is 6.16. The molecule has 0 radical (unpaired) electrons. The maximum Gasteiger partial charge on any atom is 0.253 e. The van der Waals surface area contributed by atoms with Crippen molar-refractivity contribution >= 4 is 23.6 Å². The van der Waals surface area contributed by atoms with E-state index in [1.54, 1.807) is 11.8 Å². The van der Waals surface area contributed by atoms with Gasteiger partial charge in [-0.3, -0.25) is 9.59 Å². The number of piperidine rings is 1. The summed E-state index contributed by atoms with van der Waals surface area (Å²) >= 11 is 1.73. The molecule has 1 saturated heterocycles. The molecule has 1 heterocycles. The van der Waals surface area contributed by atoms with Crippen LogP contribution < -0.4 is 5.32 Å². The van der Waals surface area contributed by atoms with Gasteiger partial charge in [-0.1, -0.05) is 29.3 Å². The first-order valence-corrected chi connectivity index (χ1v) is 11.5. The zero-order chi connectivity index (χ0) is 20.8. The minimum absolute atomic E-state index is 0.0307. The van der Waals surface area contributed by atoms with Crippen molar-refractivity contribution in [2.24, 2.45) is 5.92 Å². The number of hydrogen-bond donors (Lipinski definition) is 1. The lowest BCUT2D eigenvalue weighted by Crippen LogP contribution is -2.45. The Morgan fingerprint density at radius 2 is 1.79 bits per heavy atom. The first-order chi connectivity index (χ1) is 14.0. The minimum Gasteiger partial charge on any atom is -0.355 e. The molecule has 0 unspecified atom stereocenters. The number of carbonyl (C=O) groups is 2. The molecule has 0 aliphatic carbocycles. The minimum atomic E-state index is -0.127. The number of nitrogens with one attached hydrogen (secondary N) is 1. The summed E-state index contributed by atoms with van der Waals surface area (Å²) < 4.78 is 0. The molecule has 2 aromatic carbocycles. The molecule has 0 bridgehead atoms. The largest absolute Gasteiger partial charge is 0.355 e. The quantitative estimate of drug-likeness (QED) is 0.725. The van der Waals surface area contributed by atoms with Gasteiger partial charge in [-0.2, -0.15) is 0 Å². The van der Waals surface area contributed by atoms with Crippen molar-refractivity contribution < 1.29 is 9.59 Å². The van der Waals surface area contributed by atoms with E-state index < -0.39 is 0 Å². The topological polar surface area (TPSA) is 49.4 Å². The van der Waals surface area contributed by atoms with Crippen LogP contribution in [0.4, 0.5) is 0 Å². The van der Waals surface area contributed by atoms with Crippen molar-refractivity contribution in [3.63, 3.8) is 0 Å². The Morgan fingerprint density at radius 1 is 1.10 bits per heavy atom. The molecule has 154 valence electrons. The van der Waals surface area contributed by atoms with Crippen LogP contribution >= 0.6 is 11.8 Å². The second-order valence-corrected chi connectivity index (χ2v) is 8.74. The van der Waals surface area contributed by atoms with E-state index in [1.165, 1.54) is 10.5 Å². The predicted molar refractivity (Wildman–Crippen MR) is 119 cm³/mol. The van der Waals surface area contributed by atoms with Crippen molar-refractivity contribution in [2.75, 3.05) is 25.9 Å². The second-order valence-electron chi connectivity index (χ2n) is 7.86. The molecule has 1 N–H and O–H groups in total. The van der Waals surface area contributed by atoms with Crippen molar-refractivity contribution in [3.05, 3.63) is 64.7 Å². The summed E-state index contributed by atoms with van der Waals surface area (Å²) in [5.41, 5.74) is 4.12. The van der Waals surface area contributed by atoms with E-state index in [0.717, 1.165) is 42.5 Å². The third-order valence-electron chi connectivity index (χ3n) is 5.42. The van der Waals surface area contributed by atoms with Crippen molar-refractivity contribution in [3.8, 4) is 0 Å². The molecule has 1 aliphatic rings. The molecule has 0 saturated carbocycles. The van der Waals surface area contributed by atoms with Gasteiger partial charge >= 0.3 is 0 Å². The van der Waals surface area contributed by atoms with E-state index in [-0.39, 0.29) is 17.7 Å². The molecule has 4 nitrogen and oxygen atoms in total. The Bertz CT molecular complexity index is 843. The molecule has 2 aromatic rings. The fraction of sp³-hybridized carbons (Fsp3) is 0.417. The first kappa shape index (κ1) is 21.4. The Morgan fingerprint density at radius 3 is 2.45 bits per heavy atom. The predicted octanol–water partition coefficient (Wildman–Crippen LogP) is 4.24. The third kappa shape index (κ3) is 5.86. The summed E-state index contributed by atoms with van der Waals surface area (Å²) in [7, 11) is 0. The zero-order valence-electron chi connectivity index (χ0n) is 17.5. The molecular formula is C24H30N2O2S. The van der Waals surface area contributed by atoms with E-state index >= 15 is 0 Å². The summed E-state index contributed by atoms with van der Waals surface area (Å²) in [6, 6.07) is 14.4. The van der Waals surface area contributed by atoms with Crippen LogP contribution in [0.3, 0.4) is 0 Å². The van der Waals surface area contributed by atoms with Crippen molar-refractivity contribution in [1.82, 2.24) is 10.2 Å². The standard InChI is InChI=1S/C24H30N2O2S/c1-17-13-18(2)15-21(14-17)24(28)26-12-4-5-20(16-26)23(27)25-11-10-19-6-8-22(29-3)9-7-19/h6-9,13-15,20H,4-5,10-12,16H2,1-3H3,(H,25,27)/t20-/m1/s1. The van der Waals surface area contributed by atoms with Gasteiger partial charge in [-0.15, -0.1) is 11.8 Å². The van der Waals surface area contributed by atoms with Gasteiger partial charge in [0.2, 0.25) is 5.91 Å². The summed E-state index contributed by atoms with van der Waals surface area (Å²) in [6.07, 6.45) is 4.58. The Balaban J connectivity index is 1.52. The number of carbonyl (C=O) groups excluding carboxylic acids is 2. The van der Waals surface area contributed by atoms with E-state index in [2.05, 4.69) is 41.9 Å². The van der Waals surface area contributed by atoms with Gasteiger partial charge < -0.3 is 10.2 Å². The van der Waals surface area contributed by atoms with Crippen molar-refractivity contribution in [2.45, 2.75) is 38.0 Å². The lowest BCUT2D eigenvalue weighted by Gasteiger charge is -2.32. The van der Waals surface area contributed by atoms with Crippen LogP contribution in [0.2, 0.25) is 0 Å². The average molecular weight is 411 g/mol. The molecule has 5 heteroatoms. The Kier molecular flexibility index (Phi) is 7.37. The van der Waals surface area contributed by atoms with Crippen molar-refractivity contribution in [1.29, 1.82) is 0 Å². The summed E-state index contributed by atoms with van der Waals surface area (Å²) in [6.45, 7) is 5.85. The molecule has 29 heavy (non-hydrogen) atoms. The molecule has 0 spiro atoms. The number of amides is 2. The van der Waals surface area contributed by atoms with Crippen LogP contribution in [0.1, 0.15) is 39.9 Å². The van der Waals surface area contributed by atoms with Crippen LogP contribution in [0.5, 0.6) is 0 Å². The number of benzene rings is 2. The number of nitrogens with zero attached hydrogens (tertiary/aromatic N) is 1. The van der Waals surface area contributed by atoms with E-state index in [4.69, 9.17) is 0 Å². The van der Waals surface area contributed by atoms with Crippen LogP contribution in [0, 0.1) is 19.8 Å². The van der Waals surface area contributed by atoms with Crippen LogP contribution in [-0.2, 0) is 11.2 Å². The van der Waals surface area contributed by atoms with Gasteiger partial charge in [0, 0.05) is 30.1 Å². The van der Waals surface area contributed by atoms with E-state index in [0.29, 0.717) is 13.1 Å². The molecule has 2 amide bonds. The smallest absolute Gasteiger partial charge is 0.253 e. The van der Waals surface area contributed by atoms with E-state index in [1.807, 2.05) is 30.9 Å². The Labute approximate surface area is 178 Å². The summed E-state index contributed by atoms with van der Waals surface area (Å²) in [4.78, 5) is 28.6. The molecule has 1 atom stereocenters. The number of thioether (sulfide) groups is 1. The molecule has 1 aliphatic heterocycles. The normalized spacial score (nSPS) is 16.5. The first-order valence-electron chi connectivity index (χ1n) is 10.2. The molecule has 3 rings (SSSR count). The van der Waals surface area contributed by atoms with Gasteiger partial charge in [0.15, 0.2) is 0 Å². The lowest BCUT2D eigenvalue weighted by molar-refractivity contribution is -0.126. The molecular weight excluding hydrogens is 380 g/mol. The highest BCUT2D eigenvalue weighted by molar-refractivity contribution is 7.98. The fourth-order valence-electron chi connectivity index (χ4n) is 3.92. The molecule has 0 aromatic heterocycles. The lowest BCUT2D eigenvalue weighted by atomic mass is 9.96. The van der Waals surface area contributed by atoms with Gasteiger partial charge in [-0.25, -0.2) is 0 Å². The maximum absolute atomic E-state index is 12.9. The number of rotatable bonds is 6.